The predicted octanol–water partition coefficient (Wildman–Crippen LogP) is -0.635. The summed E-state index contributed by atoms with van der Waals surface area (Å²) in [6, 6.07) is 0. The fourth-order valence-electron chi connectivity index (χ4n) is 0. The van der Waals surface area contributed by atoms with E-state index in [1.165, 1.54) is 0 Å². The minimum Gasteiger partial charge on any atom is -0.281 e. The first-order valence-electron chi connectivity index (χ1n) is 0.204. The summed E-state index contributed by atoms with van der Waals surface area (Å²) in [5.74, 6) is 0. The van der Waals surface area contributed by atoms with Crippen LogP contribution in [0.25, 0.3) is 0 Å². The summed E-state index contributed by atoms with van der Waals surface area (Å²) in [5.41, 5.74) is 0. The van der Waals surface area contributed by atoms with Gasteiger partial charge in [0.25, 0.3) is 6.79 Å². The van der Waals surface area contributed by atoms with Crippen molar-refractivity contribution in [3.63, 3.8) is 0 Å². The Balaban J connectivity index is -0.00000000500. The van der Waals surface area contributed by atoms with E-state index in [9.17, 15) is 0 Å². The molecule has 0 atom stereocenters. The summed E-state index contributed by atoms with van der Waals surface area (Å²) in [7, 11) is 0. The minimum absolute atomic E-state index is 0. The maximum atomic E-state index is 7.50. The molecule has 0 spiro atoms. The molecule has 0 saturated carbocycles. The van der Waals surface area contributed by atoms with Crippen molar-refractivity contribution in [3.05, 3.63) is 0 Å². The van der Waals surface area contributed by atoms with E-state index < -0.39 is 0 Å². The highest BCUT2D eigenvalue weighted by Crippen LogP contribution is 0.513. The van der Waals surface area contributed by atoms with E-state index in [2.05, 4.69) is 6.79 Å². The first kappa shape index (κ1) is 69.2. The Morgan fingerprint density at radius 3 is 1.00 bits per heavy atom. The van der Waals surface area contributed by atoms with Crippen molar-refractivity contribution in [2.75, 3.05) is 0 Å². The van der Waals surface area contributed by atoms with Crippen LogP contribution in [-0.4, -0.2) is 6.79 Å². The normalized spacial score (nSPS) is 1.00. The molecule has 3 nitrogen and oxygen atoms in total. The molecule has 0 N–H and O–H groups in total. The monoisotopic (exact) mass is 60.0 g/mol. The highest BCUT2D eigenvalue weighted by atomic mass is 16.1. The molecule has 4 heavy (non-hydrogen) atoms. The Morgan fingerprint density at radius 2 is 1.00 bits per heavy atom. The fourth-order valence-corrected chi connectivity index (χ4v) is 0. The van der Waals surface area contributed by atoms with Crippen molar-refractivity contribution < 1.29 is 15.7 Å². The second-order valence-electron chi connectivity index (χ2n) is 0. The lowest BCUT2D eigenvalue weighted by Crippen LogP contribution is -0.910. The molecule has 6 radical (unpaired) electrons. The molecule has 0 aliphatic heterocycles. The van der Waals surface area contributed by atoms with E-state index >= 15 is 0 Å². The van der Waals surface area contributed by atoms with Gasteiger partial charge in [-0.15, -0.1) is 0 Å². The number of hydrogen-bond acceptors (Lipinski definition) is 1. The highest BCUT2D eigenvalue weighted by molar-refractivity contribution is 5.12. The molecule has 0 amide bonds. The van der Waals surface area contributed by atoms with Gasteiger partial charge >= 0.3 is 0 Å². The van der Waals surface area contributed by atoms with Crippen LogP contribution in [0.4, 0.5) is 0 Å². The summed E-state index contributed by atoms with van der Waals surface area (Å²) in [5, 5.41) is 0. The van der Waals surface area contributed by atoms with Crippen LogP contribution in [0.2, 0.25) is 0 Å². The second kappa shape index (κ2) is 39.0. The van der Waals surface area contributed by atoms with Crippen LogP contribution in [0.1, 0.15) is 0 Å². The lowest BCUT2D eigenvalue weighted by Gasteiger charge is -0.761. The molecule has 0 aromatic carbocycles. The van der Waals surface area contributed by atoms with Crippen LogP contribution in [-0.2, 0) is 15.7 Å². The van der Waals surface area contributed by atoms with Crippen LogP contribution in [0.15, 0.2) is 0 Å². The zero-order valence-corrected chi connectivity index (χ0v) is 1.72. The number of carbonyl (C=O) groups excluding carboxylic acids is 1. The van der Waals surface area contributed by atoms with Gasteiger partial charge in [0, 0.05) is 11.0 Å². The third-order valence-corrected chi connectivity index (χ3v) is 0. The maximum absolute atomic E-state index is 7.50. The average molecular weight is 60.0 g/mol. The van der Waals surface area contributed by atoms with Gasteiger partial charge in [0.15, 0.2) is 0 Å². The smallest absolute Gasteiger partial charge is 0.281 e. The Morgan fingerprint density at radius 1 is 1.00 bits per heavy atom. The van der Waals surface area contributed by atoms with Crippen LogP contribution in [0.5, 0.6) is 0 Å². The topological polar surface area (TPSA) is 74.1 Å². The number of hydrogen-bond donors (Lipinski definition) is 0. The minimum atomic E-state index is 0. The molecule has 0 aromatic rings. The standard InChI is InChI=1S/CO.2O/c1-2;;. The van der Waals surface area contributed by atoms with E-state index in [-0.39, 0.29) is 11.0 Å². The molecule has 0 fully saturated rings. The molecular formula is CO3. The summed E-state index contributed by atoms with van der Waals surface area (Å²) in [6.45, 7) is 4.50. The summed E-state index contributed by atoms with van der Waals surface area (Å²) >= 11 is 0. The molecule has 0 aliphatic rings. The Bertz CT molecular complexity index is 3.25. The largest absolute Gasteiger partial charge is 0.281 e. The van der Waals surface area contributed by atoms with Gasteiger partial charge in [-0.3, -0.25) is 4.79 Å². The lowest BCUT2D eigenvalue weighted by molar-refractivity contribution is 0.574. The van der Waals surface area contributed by atoms with Crippen LogP contribution in [0, 0.1) is 0 Å². The molecular weight excluding hydrogens is 60.0 g/mol. The second-order valence-corrected chi connectivity index (χ2v) is 0. The first-order chi connectivity index (χ1) is 1.00. The van der Waals surface area contributed by atoms with Gasteiger partial charge in [-0.2, -0.15) is 0 Å². The van der Waals surface area contributed by atoms with Gasteiger partial charge in [-0.05, 0) is 0 Å². The van der Waals surface area contributed by atoms with Gasteiger partial charge < -0.3 is 0 Å². The molecule has 22 valence electrons. The van der Waals surface area contributed by atoms with E-state index in [1.54, 1.807) is 0 Å². The van der Waals surface area contributed by atoms with Crippen molar-refractivity contribution in [2.24, 2.45) is 0 Å². The van der Waals surface area contributed by atoms with Crippen LogP contribution in [0.3, 0.4) is 0 Å². The van der Waals surface area contributed by atoms with Crippen LogP contribution >= 0.6 is 0 Å². The van der Waals surface area contributed by atoms with E-state index in [1.807, 2.05) is 0 Å². The van der Waals surface area contributed by atoms with Crippen molar-refractivity contribution in [1.82, 2.24) is 0 Å². The van der Waals surface area contributed by atoms with Gasteiger partial charge in [0.1, 0.15) is 0 Å². The highest BCUT2D eigenvalue weighted by Gasteiger charge is 0.761. The van der Waals surface area contributed by atoms with Gasteiger partial charge in [-0.25, -0.2) is 0 Å². The van der Waals surface area contributed by atoms with E-state index in [4.69, 9.17) is 4.79 Å². The Kier molecular flexibility index (Phi) is 674. The third kappa shape index (κ3) is 3.29. The predicted molar refractivity (Wildman–Crippen MR) is 7.07 cm³/mol. The van der Waals surface area contributed by atoms with Gasteiger partial charge in [-0.1, -0.05) is 0 Å². The van der Waals surface area contributed by atoms with Crippen molar-refractivity contribution in [2.45, 2.75) is 0 Å². The SMILES string of the molecule is [C]=O.[O].[O]. The quantitative estimate of drug-likeness (QED) is 0.366. The van der Waals surface area contributed by atoms with Crippen molar-refractivity contribution in [1.29, 1.82) is 0 Å². The van der Waals surface area contributed by atoms with Gasteiger partial charge in [0.05, 0.1) is 0 Å². The van der Waals surface area contributed by atoms with E-state index in [0.717, 1.165) is 0 Å². The van der Waals surface area contributed by atoms with E-state index in [0.29, 0.717) is 0 Å². The third-order valence-electron chi connectivity index (χ3n) is 0. The summed E-state index contributed by atoms with van der Waals surface area (Å²) < 4.78 is 0. The van der Waals surface area contributed by atoms with Crippen molar-refractivity contribution in [3.8, 4) is 0 Å². The zero-order chi connectivity index (χ0) is 2.00. The fraction of sp³-hybridized carbons (Fsp3) is 0. The maximum Gasteiger partial charge on any atom is 0.281 e. The Labute approximate surface area is 23.9 Å². The van der Waals surface area contributed by atoms with Crippen molar-refractivity contribution >= 4 is 6.79 Å². The lowest BCUT2D eigenvalue weighted by atomic mass is 11.9. The molecule has 0 bridgehead atoms. The molecule has 0 rings (SSSR count). The van der Waals surface area contributed by atoms with Gasteiger partial charge in [0.2, 0.25) is 0 Å². The molecule has 0 saturated heterocycles. The summed E-state index contributed by atoms with van der Waals surface area (Å²) in [6.07, 6.45) is 0. The summed E-state index contributed by atoms with van der Waals surface area (Å²) in [4.78, 5) is 7.50. The molecule has 0 aliphatic carbocycles. The molecule has 0 aromatic heterocycles. The first-order valence-corrected chi connectivity index (χ1v) is 0.204. The Hall–Kier alpha value is -0.410. The molecule has 0 heterocycles. The van der Waals surface area contributed by atoms with Crippen LogP contribution < -0.4 is 0 Å². The molecule has 0 unspecified atom stereocenters. The zero-order valence-electron chi connectivity index (χ0n) is 1.72. The average Bonchev–Trinajstić information content (AvgIpc) is 1.00. The molecule has 3 heteroatoms. The number of rotatable bonds is 0.